The van der Waals surface area contributed by atoms with Gasteiger partial charge >= 0.3 is 0 Å². The zero-order valence-electron chi connectivity index (χ0n) is 9.04. The van der Waals surface area contributed by atoms with Crippen molar-refractivity contribution in [3.05, 3.63) is 34.9 Å². The molecule has 0 aromatic heterocycles. The summed E-state index contributed by atoms with van der Waals surface area (Å²) in [6.07, 6.45) is 0. The zero-order valence-corrected chi connectivity index (χ0v) is 9.04. The summed E-state index contributed by atoms with van der Waals surface area (Å²) in [5.74, 6) is -0.00796. The lowest BCUT2D eigenvalue weighted by atomic mass is 10.1. The van der Waals surface area contributed by atoms with E-state index >= 15 is 0 Å². The average Bonchev–Trinajstić information content (AvgIpc) is 2.15. The minimum atomic E-state index is -0.00796. The van der Waals surface area contributed by atoms with Gasteiger partial charge in [-0.05, 0) is 37.1 Å². The maximum absolute atomic E-state index is 11.7. The summed E-state index contributed by atoms with van der Waals surface area (Å²) in [6.45, 7) is 5.32. The molecule has 1 fully saturated rings. The van der Waals surface area contributed by atoms with Crippen molar-refractivity contribution in [3.8, 4) is 0 Å². The monoisotopic (exact) mass is 205 g/mol. The van der Waals surface area contributed by atoms with Gasteiger partial charge in [-0.1, -0.05) is 6.07 Å². The topological polar surface area (TPSA) is 38.3 Å². The molecule has 3 nitrogen and oxygen atoms in total. The molecule has 1 amide bonds. The van der Waals surface area contributed by atoms with Gasteiger partial charge in [0.2, 0.25) is 0 Å². The number of rotatable bonds is 2. The fourth-order valence-electron chi connectivity index (χ4n) is 1.47. The van der Waals surface area contributed by atoms with E-state index in [4.69, 9.17) is 4.74 Å². The van der Waals surface area contributed by atoms with Crippen LogP contribution in [0.2, 0.25) is 0 Å². The standard InChI is InChI=1S/C12H15NO2/c1-8-3-4-10(5-9(8)2)12(14)13-11-6-15-7-11/h3-5,11H,6-7H2,1-2H3,(H,13,14). The molecule has 0 bridgehead atoms. The molecule has 80 valence electrons. The Bertz CT molecular complexity index is 383. The number of carbonyl (C=O) groups excluding carboxylic acids is 1. The van der Waals surface area contributed by atoms with Crippen molar-refractivity contribution in [2.75, 3.05) is 13.2 Å². The second-order valence-corrected chi connectivity index (χ2v) is 4.01. The van der Waals surface area contributed by atoms with E-state index in [0.29, 0.717) is 13.2 Å². The van der Waals surface area contributed by atoms with Crippen LogP contribution in [-0.4, -0.2) is 25.2 Å². The molecular formula is C12H15NO2. The number of amides is 1. The maximum Gasteiger partial charge on any atom is 0.251 e. The van der Waals surface area contributed by atoms with E-state index < -0.39 is 0 Å². The fourth-order valence-corrected chi connectivity index (χ4v) is 1.47. The smallest absolute Gasteiger partial charge is 0.251 e. The number of ether oxygens (including phenoxy) is 1. The van der Waals surface area contributed by atoms with Gasteiger partial charge in [0.25, 0.3) is 5.91 Å². The highest BCUT2D eigenvalue weighted by atomic mass is 16.5. The second kappa shape index (κ2) is 4.03. The zero-order chi connectivity index (χ0) is 10.8. The fraction of sp³-hybridized carbons (Fsp3) is 0.417. The molecule has 0 radical (unpaired) electrons. The number of benzene rings is 1. The summed E-state index contributed by atoms with van der Waals surface area (Å²) < 4.78 is 5.00. The van der Waals surface area contributed by atoms with Crippen LogP contribution < -0.4 is 5.32 Å². The SMILES string of the molecule is Cc1ccc(C(=O)NC2COC2)cc1C. The predicted octanol–water partition coefficient (Wildman–Crippen LogP) is 1.43. The van der Waals surface area contributed by atoms with Crippen LogP contribution in [0.1, 0.15) is 21.5 Å². The lowest BCUT2D eigenvalue weighted by Gasteiger charge is -2.26. The average molecular weight is 205 g/mol. The Labute approximate surface area is 89.4 Å². The summed E-state index contributed by atoms with van der Waals surface area (Å²) in [6, 6.07) is 5.95. The summed E-state index contributed by atoms with van der Waals surface area (Å²) in [5, 5.41) is 2.92. The van der Waals surface area contributed by atoms with Crippen molar-refractivity contribution in [1.82, 2.24) is 5.32 Å². The van der Waals surface area contributed by atoms with Crippen LogP contribution in [0.4, 0.5) is 0 Å². The summed E-state index contributed by atoms with van der Waals surface area (Å²) >= 11 is 0. The minimum absolute atomic E-state index is 0.00796. The molecule has 1 heterocycles. The van der Waals surface area contributed by atoms with Crippen molar-refractivity contribution in [2.24, 2.45) is 0 Å². The Balaban J connectivity index is 2.07. The lowest BCUT2D eigenvalue weighted by Crippen LogP contribution is -2.48. The van der Waals surface area contributed by atoms with E-state index in [0.717, 1.165) is 11.1 Å². The number of carbonyl (C=O) groups is 1. The molecule has 1 aliphatic heterocycles. The highest BCUT2D eigenvalue weighted by Gasteiger charge is 2.20. The molecule has 0 aliphatic carbocycles. The van der Waals surface area contributed by atoms with E-state index in [2.05, 4.69) is 5.32 Å². The third-order valence-corrected chi connectivity index (χ3v) is 2.74. The molecule has 0 atom stereocenters. The number of aryl methyl sites for hydroxylation is 2. The normalized spacial score (nSPS) is 15.9. The lowest BCUT2D eigenvalue weighted by molar-refractivity contribution is -0.00346. The Kier molecular flexibility index (Phi) is 2.73. The van der Waals surface area contributed by atoms with E-state index in [9.17, 15) is 4.79 Å². The van der Waals surface area contributed by atoms with Crippen LogP contribution in [-0.2, 0) is 4.74 Å². The molecule has 3 heteroatoms. The molecule has 0 saturated carbocycles. The molecular weight excluding hydrogens is 190 g/mol. The largest absolute Gasteiger partial charge is 0.377 e. The Morgan fingerprint density at radius 3 is 2.60 bits per heavy atom. The minimum Gasteiger partial charge on any atom is -0.377 e. The highest BCUT2D eigenvalue weighted by molar-refractivity contribution is 5.94. The summed E-state index contributed by atoms with van der Waals surface area (Å²) in [4.78, 5) is 11.7. The van der Waals surface area contributed by atoms with Gasteiger partial charge in [0.05, 0.1) is 19.3 Å². The number of hydrogen-bond acceptors (Lipinski definition) is 2. The second-order valence-electron chi connectivity index (χ2n) is 4.01. The quantitative estimate of drug-likeness (QED) is 0.793. The van der Waals surface area contributed by atoms with Gasteiger partial charge in [-0.2, -0.15) is 0 Å². The first-order valence-corrected chi connectivity index (χ1v) is 5.12. The van der Waals surface area contributed by atoms with Gasteiger partial charge in [0, 0.05) is 5.56 Å². The number of nitrogens with one attached hydrogen (secondary N) is 1. The Morgan fingerprint density at radius 1 is 1.33 bits per heavy atom. The first-order chi connectivity index (χ1) is 7.16. The van der Waals surface area contributed by atoms with Crippen molar-refractivity contribution in [2.45, 2.75) is 19.9 Å². The Morgan fingerprint density at radius 2 is 2.07 bits per heavy atom. The van der Waals surface area contributed by atoms with Gasteiger partial charge < -0.3 is 10.1 Å². The molecule has 1 aromatic rings. The van der Waals surface area contributed by atoms with Crippen molar-refractivity contribution < 1.29 is 9.53 Å². The molecule has 1 aromatic carbocycles. The third kappa shape index (κ3) is 2.18. The van der Waals surface area contributed by atoms with Gasteiger partial charge in [0.15, 0.2) is 0 Å². The highest BCUT2D eigenvalue weighted by Crippen LogP contribution is 2.10. The van der Waals surface area contributed by atoms with Crippen LogP contribution in [0.15, 0.2) is 18.2 Å². The molecule has 1 saturated heterocycles. The van der Waals surface area contributed by atoms with Gasteiger partial charge in [-0.3, -0.25) is 4.79 Å². The predicted molar refractivity (Wildman–Crippen MR) is 58.0 cm³/mol. The molecule has 15 heavy (non-hydrogen) atoms. The van der Waals surface area contributed by atoms with E-state index in [-0.39, 0.29) is 11.9 Å². The first kappa shape index (κ1) is 10.2. The summed E-state index contributed by atoms with van der Waals surface area (Å²) in [7, 11) is 0. The van der Waals surface area contributed by atoms with Gasteiger partial charge in [-0.25, -0.2) is 0 Å². The van der Waals surface area contributed by atoms with Gasteiger partial charge in [0.1, 0.15) is 0 Å². The van der Waals surface area contributed by atoms with E-state index in [1.807, 2.05) is 32.0 Å². The van der Waals surface area contributed by atoms with Crippen LogP contribution in [0.5, 0.6) is 0 Å². The summed E-state index contributed by atoms with van der Waals surface area (Å²) in [5.41, 5.74) is 3.08. The van der Waals surface area contributed by atoms with Crippen LogP contribution >= 0.6 is 0 Å². The van der Waals surface area contributed by atoms with Crippen molar-refractivity contribution in [3.63, 3.8) is 0 Å². The van der Waals surface area contributed by atoms with E-state index in [1.165, 1.54) is 5.56 Å². The molecule has 2 rings (SSSR count). The van der Waals surface area contributed by atoms with E-state index in [1.54, 1.807) is 0 Å². The Hall–Kier alpha value is -1.35. The van der Waals surface area contributed by atoms with Gasteiger partial charge in [-0.15, -0.1) is 0 Å². The van der Waals surface area contributed by atoms with Crippen LogP contribution in [0.3, 0.4) is 0 Å². The maximum atomic E-state index is 11.7. The van der Waals surface area contributed by atoms with Crippen LogP contribution in [0.25, 0.3) is 0 Å². The molecule has 0 unspecified atom stereocenters. The third-order valence-electron chi connectivity index (χ3n) is 2.74. The molecule has 1 aliphatic rings. The van der Waals surface area contributed by atoms with Crippen molar-refractivity contribution >= 4 is 5.91 Å². The first-order valence-electron chi connectivity index (χ1n) is 5.12. The molecule has 1 N–H and O–H groups in total. The number of hydrogen-bond donors (Lipinski definition) is 1. The van der Waals surface area contributed by atoms with Crippen molar-refractivity contribution in [1.29, 1.82) is 0 Å². The van der Waals surface area contributed by atoms with Crippen LogP contribution in [0, 0.1) is 13.8 Å². The molecule has 0 spiro atoms.